The SMILES string of the molecule is C(=C\c1ccc2c(c1)sc1cc(N(c3ccccc3)c3ccccc3)ccc12)/c1ccc(-c2cccc3c(-c4ccccc4)ccc(-c4ccccc4)c23)cc1. The molecule has 56 heavy (non-hydrogen) atoms. The molecule has 0 fully saturated rings. The Morgan fingerprint density at radius 2 is 0.821 bits per heavy atom. The van der Waals surface area contributed by atoms with Crippen molar-refractivity contribution in [3.63, 3.8) is 0 Å². The summed E-state index contributed by atoms with van der Waals surface area (Å²) in [6.07, 6.45) is 4.45. The second kappa shape index (κ2) is 14.7. The summed E-state index contributed by atoms with van der Waals surface area (Å²) in [6, 6.07) is 76.6. The third-order valence-electron chi connectivity index (χ3n) is 10.7. The first-order valence-electron chi connectivity index (χ1n) is 19.1. The predicted octanol–water partition coefficient (Wildman–Crippen LogP) is 15.8. The number of hydrogen-bond donors (Lipinski definition) is 0. The number of fused-ring (bicyclic) bond motifs is 4. The fraction of sp³-hybridized carbons (Fsp3) is 0. The van der Waals surface area contributed by atoms with E-state index in [1.165, 1.54) is 75.5 Å². The largest absolute Gasteiger partial charge is 0.310 e. The van der Waals surface area contributed by atoms with Gasteiger partial charge in [0.05, 0.1) is 0 Å². The molecule has 0 N–H and O–H groups in total. The van der Waals surface area contributed by atoms with E-state index in [4.69, 9.17) is 0 Å². The smallest absolute Gasteiger partial charge is 0.0476 e. The van der Waals surface area contributed by atoms with Crippen molar-refractivity contribution in [3.05, 3.63) is 223 Å². The van der Waals surface area contributed by atoms with Gasteiger partial charge in [-0.25, -0.2) is 0 Å². The lowest BCUT2D eigenvalue weighted by atomic mass is 9.87. The molecule has 10 rings (SSSR count). The molecule has 0 saturated carbocycles. The van der Waals surface area contributed by atoms with E-state index in [9.17, 15) is 0 Å². The molecule has 264 valence electrons. The maximum Gasteiger partial charge on any atom is 0.0476 e. The number of rotatable bonds is 8. The van der Waals surface area contributed by atoms with Gasteiger partial charge in [0.15, 0.2) is 0 Å². The number of hydrogen-bond acceptors (Lipinski definition) is 2. The second-order valence-corrected chi connectivity index (χ2v) is 15.2. The molecule has 0 unspecified atom stereocenters. The van der Waals surface area contributed by atoms with Crippen molar-refractivity contribution < 1.29 is 0 Å². The standard InChI is InChI=1S/C54H37NS/c1-5-14-40(15-6-1)46-34-35-48(41-16-7-2-8-17-41)54-47(22-13-23-51(46)54)42-29-26-38(27-30-42)24-25-39-28-32-49-50-33-31-45(37-53(50)56-52(49)36-39)55(43-18-9-3-10-19-43)44-20-11-4-12-21-44/h1-37H/b25-24+. The van der Waals surface area contributed by atoms with Gasteiger partial charge in [-0.1, -0.05) is 182 Å². The molecule has 0 aliphatic rings. The number of nitrogens with zero attached hydrogens (tertiary/aromatic N) is 1. The number of para-hydroxylation sites is 2. The van der Waals surface area contributed by atoms with Crippen LogP contribution in [0.2, 0.25) is 0 Å². The van der Waals surface area contributed by atoms with Crippen molar-refractivity contribution in [2.45, 2.75) is 0 Å². The minimum Gasteiger partial charge on any atom is -0.310 e. The summed E-state index contributed by atoms with van der Waals surface area (Å²) in [4.78, 5) is 2.33. The van der Waals surface area contributed by atoms with Gasteiger partial charge in [-0.15, -0.1) is 11.3 Å². The van der Waals surface area contributed by atoms with Crippen LogP contribution < -0.4 is 4.90 Å². The molecule has 0 bridgehead atoms. The lowest BCUT2D eigenvalue weighted by Crippen LogP contribution is -2.09. The molecule has 0 spiro atoms. The third kappa shape index (κ3) is 6.36. The van der Waals surface area contributed by atoms with E-state index >= 15 is 0 Å². The van der Waals surface area contributed by atoms with E-state index < -0.39 is 0 Å². The van der Waals surface area contributed by atoms with Gasteiger partial charge in [-0.3, -0.25) is 0 Å². The van der Waals surface area contributed by atoms with Crippen LogP contribution in [0.1, 0.15) is 11.1 Å². The Hall–Kier alpha value is -7.00. The van der Waals surface area contributed by atoms with Crippen LogP contribution in [-0.4, -0.2) is 0 Å². The summed E-state index contributed by atoms with van der Waals surface area (Å²) >= 11 is 1.86. The lowest BCUT2D eigenvalue weighted by molar-refractivity contribution is 1.29. The van der Waals surface area contributed by atoms with Crippen molar-refractivity contribution in [2.75, 3.05) is 4.90 Å². The molecule has 1 heterocycles. The van der Waals surface area contributed by atoms with Crippen LogP contribution in [-0.2, 0) is 0 Å². The van der Waals surface area contributed by atoms with Gasteiger partial charge in [0.2, 0.25) is 0 Å². The summed E-state index contributed by atoms with van der Waals surface area (Å²) in [5.41, 5.74) is 13.2. The zero-order valence-electron chi connectivity index (χ0n) is 30.7. The Balaban J connectivity index is 0.964. The van der Waals surface area contributed by atoms with Crippen LogP contribution in [0.15, 0.2) is 212 Å². The van der Waals surface area contributed by atoms with Crippen molar-refractivity contribution in [1.82, 2.24) is 0 Å². The fourth-order valence-corrected chi connectivity index (χ4v) is 9.16. The molecule has 0 amide bonds. The quantitative estimate of drug-likeness (QED) is 0.141. The molecule has 1 nitrogen and oxygen atoms in total. The van der Waals surface area contributed by atoms with Crippen molar-refractivity contribution in [2.24, 2.45) is 0 Å². The molecule has 0 atom stereocenters. The molecular formula is C54H37NS. The van der Waals surface area contributed by atoms with Gasteiger partial charge >= 0.3 is 0 Å². The minimum atomic E-state index is 1.14. The fourth-order valence-electron chi connectivity index (χ4n) is 7.97. The van der Waals surface area contributed by atoms with Crippen LogP contribution in [0, 0.1) is 0 Å². The average molecular weight is 732 g/mol. The molecule has 0 radical (unpaired) electrons. The minimum absolute atomic E-state index is 1.14. The first kappa shape index (κ1) is 33.6. The highest BCUT2D eigenvalue weighted by atomic mass is 32.1. The molecular weight excluding hydrogens is 695 g/mol. The van der Waals surface area contributed by atoms with Crippen molar-refractivity contribution in [3.8, 4) is 33.4 Å². The van der Waals surface area contributed by atoms with Crippen LogP contribution in [0.25, 0.3) is 76.5 Å². The summed E-state index contributed by atoms with van der Waals surface area (Å²) < 4.78 is 2.58. The molecule has 0 saturated heterocycles. The number of anilines is 3. The van der Waals surface area contributed by atoms with Gasteiger partial charge in [-0.2, -0.15) is 0 Å². The Bertz CT molecular complexity index is 2940. The van der Waals surface area contributed by atoms with Crippen molar-refractivity contribution in [1.29, 1.82) is 0 Å². The van der Waals surface area contributed by atoms with Gasteiger partial charge in [0, 0.05) is 37.2 Å². The molecule has 1 aromatic heterocycles. The average Bonchev–Trinajstić information content (AvgIpc) is 3.64. The Labute approximate surface area is 331 Å². The molecule has 0 aliphatic carbocycles. The lowest BCUT2D eigenvalue weighted by Gasteiger charge is -2.25. The third-order valence-corrected chi connectivity index (χ3v) is 11.8. The Morgan fingerprint density at radius 3 is 1.48 bits per heavy atom. The Morgan fingerprint density at radius 1 is 0.321 bits per heavy atom. The Kier molecular flexibility index (Phi) is 8.79. The topological polar surface area (TPSA) is 3.24 Å². The van der Waals surface area contributed by atoms with E-state index in [1.54, 1.807) is 0 Å². The summed E-state index contributed by atoms with van der Waals surface area (Å²) in [6.45, 7) is 0. The van der Waals surface area contributed by atoms with E-state index in [2.05, 4.69) is 229 Å². The van der Waals surface area contributed by atoms with Gasteiger partial charge in [0.1, 0.15) is 0 Å². The summed E-state index contributed by atoms with van der Waals surface area (Å²) in [5.74, 6) is 0. The van der Waals surface area contributed by atoms with Crippen LogP contribution >= 0.6 is 11.3 Å². The summed E-state index contributed by atoms with van der Waals surface area (Å²) in [7, 11) is 0. The molecule has 9 aromatic carbocycles. The zero-order valence-corrected chi connectivity index (χ0v) is 31.5. The van der Waals surface area contributed by atoms with Gasteiger partial charge in [0.25, 0.3) is 0 Å². The first-order valence-corrected chi connectivity index (χ1v) is 19.9. The monoisotopic (exact) mass is 731 g/mol. The predicted molar refractivity (Wildman–Crippen MR) is 243 cm³/mol. The highest BCUT2D eigenvalue weighted by molar-refractivity contribution is 7.25. The van der Waals surface area contributed by atoms with Gasteiger partial charge in [-0.05, 0) is 97.7 Å². The summed E-state index contributed by atoms with van der Waals surface area (Å²) in [5, 5.41) is 5.13. The normalized spacial score (nSPS) is 11.5. The highest BCUT2D eigenvalue weighted by Crippen LogP contribution is 2.43. The molecule has 10 aromatic rings. The number of thiophene rings is 1. The zero-order chi connectivity index (χ0) is 37.3. The van der Waals surface area contributed by atoms with Crippen LogP contribution in [0.5, 0.6) is 0 Å². The molecule has 2 heteroatoms. The van der Waals surface area contributed by atoms with Crippen LogP contribution in [0.3, 0.4) is 0 Å². The van der Waals surface area contributed by atoms with E-state index in [-0.39, 0.29) is 0 Å². The van der Waals surface area contributed by atoms with E-state index in [0.717, 1.165) is 17.1 Å². The second-order valence-electron chi connectivity index (χ2n) is 14.1. The highest BCUT2D eigenvalue weighted by Gasteiger charge is 2.16. The maximum absolute atomic E-state index is 2.33. The van der Waals surface area contributed by atoms with Crippen molar-refractivity contribution >= 4 is 71.5 Å². The van der Waals surface area contributed by atoms with Gasteiger partial charge < -0.3 is 4.90 Å². The van der Waals surface area contributed by atoms with Crippen LogP contribution in [0.4, 0.5) is 17.1 Å². The first-order chi connectivity index (χ1) is 27.8. The molecule has 0 aliphatic heterocycles. The number of benzene rings is 9. The maximum atomic E-state index is 2.33. The van der Waals surface area contributed by atoms with E-state index in [0.29, 0.717) is 0 Å². The van der Waals surface area contributed by atoms with E-state index in [1.807, 2.05) is 11.3 Å².